The second kappa shape index (κ2) is 5.79. The predicted octanol–water partition coefficient (Wildman–Crippen LogP) is 2.13. The molecule has 1 aromatic rings. The zero-order valence-corrected chi connectivity index (χ0v) is 13.2. The van der Waals surface area contributed by atoms with E-state index in [4.69, 9.17) is 4.74 Å². The molecule has 1 aromatic carbocycles. The number of Topliss-reactive ketones (excluding diaryl/α,β-unsaturated/α-hetero) is 1. The molecule has 22 heavy (non-hydrogen) atoms. The van der Waals surface area contributed by atoms with Gasteiger partial charge in [0.2, 0.25) is 5.91 Å². The van der Waals surface area contributed by atoms with Crippen LogP contribution < -0.4 is 10.2 Å². The summed E-state index contributed by atoms with van der Waals surface area (Å²) in [7, 11) is 1.59. The second-order valence-electron chi connectivity index (χ2n) is 6.24. The lowest BCUT2D eigenvalue weighted by Gasteiger charge is -2.24. The monoisotopic (exact) mass is 304 g/mol. The van der Waals surface area contributed by atoms with Crippen molar-refractivity contribution in [1.82, 2.24) is 5.32 Å². The van der Waals surface area contributed by atoms with Gasteiger partial charge in [-0.05, 0) is 32.9 Å². The summed E-state index contributed by atoms with van der Waals surface area (Å²) in [6, 6.07) is 5.96. The van der Waals surface area contributed by atoms with Gasteiger partial charge in [0.25, 0.3) is 0 Å². The number of alkyl carbamates (subject to hydrolysis) is 1. The van der Waals surface area contributed by atoms with Gasteiger partial charge in [0.05, 0.1) is 5.69 Å². The molecule has 118 valence electrons. The van der Waals surface area contributed by atoms with Gasteiger partial charge in [0, 0.05) is 19.0 Å². The van der Waals surface area contributed by atoms with E-state index in [1.165, 1.54) is 4.90 Å². The largest absolute Gasteiger partial charge is 0.444 e. The molecule has 1 N–H and O–H groups in total. The number of fused-ring (bicyclic) bond motifs is 1. The number of likely N-dealkylation sites (N-methyl/N-ethyl adjacent to an activating group) is 1. The molecule has 0 aliphatic carbocycles. The quantitative estimate of drug-likeness (QED) is 0.862. The van der Waals surface area contributed by atoms with E-state index < -0.39 is 17.7 Å². The maximum Gasteiger partial charge on any atom is 0.408 e. The molecule has 1 aliphatic rings. The average molecular weight is 304 g/mol. The number of benzene rings is 1. The Hall–Kier alpha value is -2.37. The zero-order chi connectivity index (χ0) is 16.5. The molecule has 6 nitrogen and oxygen atoms in total. The smallest absolute Gasteiger partial charge is 0.408 e. The lowest BCUT2D eigenvalue weighted by atomic mass is 10.0. The first-order valence-corrected chi connectivity index (χ1v) is 7.08. The summed E-state index contributed by atoms with van der Waals surface area (Å²) in [6.45, 7) is 5.19. The first-order valence-electron chi connectivity index (χ1n) is 7.08. The number of ketones is 1. The molecule has 2 amide bonds. The highest BCUT2D eigenvalue weighted by molar-refractivity contribution is 6.12. The minimum Gasteiger partial charge on any atom is -0.444 e. The molecule has 0 saturated heterocycles. The molecule has 0 bridgehead atoms. The summed E-state index contributed by atoms with van der Waals surface area (Å²) >= 11 is 0. The summed E-state index contributed by atoms with van der Waals surface area (Å²) in [5.74, 6) is -0.529. The number of amides is 2. The first kappa shape index (κ1) is 16.0. The number of anilines is 1. The van der Waals surface area contributed by atoms with Gasteiger partial charge in [-0.1, -0.05) is 12.1 Å². The van der Waals surface area contributed by atoms with Crippen LogP contribution in [0.25, 0.3) is 0 Å². The molecule has 0 fully saturated rings. The molecule has 1 heterocycles. The van der Waals surface area contributed by atoms with Crippen LogP contribution in [0.3, 0.4) is 0 Å². The van der Waals surface area contributed by atoms with Crippen molar-refractivity contribution in [3.8, 4) is 0 Å². The molecular weight excluding hydrogens is 284 g/mol. The van der Waals surface area contributed by atoms with E-state index >= 15 is 0 Å². The van der Waals surface area contributed by atoms with Crippen molar-refractivity contribution >= 4 is 23.5 Å². The van der Waals surface area contributed by atoms with Gasteiger partial charge < -0.3 is 15.0 Å². The fourth-order valence-corrected chi connectivity index (χ4v) is 2.30. The molecule has 6 heteroatoms. The van der Waals surface area contributed by atoms with Crippen molar-refractivity contribution in [2.75, 3.05) is 11.9 Å². The molecular formula is C16H20N2O4. The van der Waals surface area contributed by atoms with Crippen LogP contribution in [0.4, 0.5) is 10.5 Å². The van der Waals surface area contributed by atoms with Crippen LogP contribution in [-0.2, 0) is 9.53 Å². The Balaban J connectivity index is 2.21. The fraction of sp³-hybridized carbons (Fsp3) is 0.438. The average Bonchev–Trinajstić information content (AvgIpc) is 2.49. The van der Waals surface area contributed by atoms with Crippen molar-refractivity contribution in [3.63, 3.8) is 0 Å². The van der Waals surface area contributed by atoms with E-state index in [-0.39, 0.29) is 18.1 Å². The molecule has 1 aliphatic heterocycles. The maximum atomic E-state index is 12.5. The number of carbonyl (C=O) groups excluding carboxylic acids is 3. The van der Waals surface area contributed by atoms with Crippen molar-refractivity contribution in [1.29, 1.82) is 0 Å². The summed E-state index contributed by atoms with van der Waals surface area (Å²) in [6.07, 6.45) is -0.794. The van der Waals surface area contributed by atoms with Crippen LogP contribution in [0.5, 0.6) is 0 Å². The number of hydrogen-bond donors (Lipinski definition) is 1. The van der Waals surface area contributed by atoms with Crippen LogP contribution in [0, 0.1) is 0 Å². The van der Waals surface area contributed by atoms with E-state index in [0.29, 0.717) is 11.3 Å². The number of ether oxygens (including phenoxy) is 1. The van der Waals surface area contributed by atoms with Crippen LogP contribution in [0.15, 0.2) is 24.3 Å². The van der Waals surface area contributed by atoms with Crippen molar-refractivity contribution in [2.45, 2.75) is 38.8 Å². The maximum absolute atomic E-state index is 12.5. The van der Waals surface area contributed by atoms with Crippen molar-refractivity contribution in [2.24, 2.45) is 0 Å². The second-order valence-corrected chi connectivity index (χ2v) is 6.24. The van der Waals surface area contributed by atoms with Crippen LogP contribution in [0.2, 0.25) is 0 Å². The van der Waals surface area contributed by atoms with E-state index in [1.807, 2.05) is 0 Å². The third kappa shape index (κ3) is 3.44. The Bertz CT molecular complexity index is 619. The third-order valence-corrected chi connectivity index (χ3v) is 3.27. The fourth-order valence-electron chi connectivity index (χ4n) is 2.30. The number of hydrogen-bond acceptors (Lipinski definition) is 4. The number of nitrogens with zero attached hydrogens (tertiary/aromatic N) is 1. The van der Waals surface area contributed by atoms with Gasteiger partial charge in [-0.2, -0.15) is 0 Å². The summed E-state index contributed by atoms with van der Waals surface area (Å²) in [5.41, 5.74) is 0.356. The van der Waals surface area contributed by atoms with E-state index in [9.17, 15) is 14.4 Å². The topological polar surface area (TPSA) is 75.7 Å². The molecule has 0 spiro atoms. The van der Waals surface area contributed by atoms with Crippen LogP contribution in [0.1, 0.15) is 37.6 Å². The minimum absolute atomic E-state index is 0.0839. The summed E-state index contributed by atoms with van der Waals surface area (Å²) < 4.78 is 5.15. The molecule has 1 unspecified atom stereocenters. The highest BCUT2D eigenvalue weighted by atomic mass is 16.6. The number of para-hydroxylation sites is 1. The Labute approximate surface area is 129 Å². The predicted molar refractivity (Wildman–Crippen MR) is 82.0 cm³/mol. The number of carbonyl (C=O) groups is 3. The highest BCUT2D eigenvalue weighted by Crippen LogP contribution is 2.25. The molecule has 0 aromatic heterocycles. The van der Waals surface area contributed by atoms with Gasteiger partial charge >= 0.3 is 6.09 Å². The van der Waals surface area contributed by atoms with Gasteiger partial charge in [0.15, 0.2) is 5.78 Å². The van der Waals surface area contributed by atoms with E-state index in [1.54, 1.807) is 52.1 Å². The Morgan fingerprint density at radius 2 is 1.91 bits per heavy atom. The summed E-state index contributed by atoms with van der Waals surface area (Å²) in [5, 5.41) is 2.49. The lowest BCUT2D eigenvalue weighted by molar-refractivity contribution is -0.120. The number of rotatable bonds is 1. The first-order chi connectivity index (χ1) is 10.2. The molecule has 0 saturated carbocycles. The van der Waals surface area contributed by atoms with Gasteiger partial charge in [-0.15, -0.1) is 0 Å². The number of nitrogens with one attached hydrogen (secondary N) is 1. The van der Waals surface area contributed by atoms with Gasteiger partial charge in [-0.3, -0.25) is 9.59 Å². The van der Waals surface area contributed by atoms with E-state index in [0.717, 1.165) is 0 Å². The van der Waals surface area contributed by atoms with Crippen molar-refractivity contribution < 1.29 is 19.1 Å². The molecule has 1 atom stereocenters. The van der Waals surface area contributed by atoms with Gasteiger partial charge in [0.1, 0.15) is 11.6 Å². The van der Waals surface area contributed by atoms with Crippen LogP contribution in [-0.4, -0.2) is 36.5 Å². The zero-order valence-electron chi connectivity index (χ0n) is 13.2. The van der Waals surface area contributed by atoms with Gasteiger partial charge in [-0.25, -0.2) is 4.79 Å². The summed E-state index contributed by atoms with van der Waals surface area (Å²) in [4.78, 5) is 38.0. The third-order valence-electron chi connectivity index (χ3n) is 3.27. The molecule has 0 radical (unpaired) electrons. The normalized spacial score (nSPS) is 18.5. The van der Waals surface area contributed by atoms with E-state index in [2.05, 4.69) is 5.32 Å². The standard InChI is InChI=1S/C16H20N2O4/c1-16(2,3)22-15(21)17-11-9-13(19)10-7-5-6-8-12(10)18(4)14(11)20/h5-8,11H,9H2,1-4H3,(H,17,21). The minimum atomic E-state index is -0.931. The highest BCUT2D eigenvalue weighted by Gasteiger charge is 2.34. The Morgan fingerprint density at radius 1 is 1.27 bits per heavy atom. The Kier molecular flexibility index (Phi) is 4.21. The van der Waals surface area contributed by atoms with Crippen LogP contribution >= 0.6 is 0 Å². The van der Waals surface area contributed by atoms with Crippen molar-refractivity contribution in [3.05, 3.63) is 29.8 Å². The molecule has 2 rings (SSSR count). The Morgan fingerprint density at radius 3 is 2.55 bits per heavy atom. The SMILES string of the molecule is CN1C(=O)C(NC(=O)OC(C)(C)C)CC(=O)c2ccccc21. The lowest BCUT2D eigenvalue weighted by Crippen LogP contribution is -2.48.